The second-order valence-electron chi connectivity index (χ2n) is 9.71. The Morgan fingerprint density at radius 1 is 1.05 bits per heavy atom. The number of benzene rings is 2. The summed E-state index contributed by atoms with van der Waals surface area (Å²) >= 11 is 6.02. The van der Waals surface area contributed by atoms with Gasteiger partial charge in [0, 0.05) is 31.6 Å². The minimum absolute atomic E-state index is 0.0223. The van der Waals surface area contributed by atoms with Crippen molar-refractivity contribution in [3.05, 3.63) is 70.9 Å². The molecular formula is C30H34ClF2N5O6. The summed E-state index contributed by atoms with van der Waals surface area (Å²) in [5, 5.41) is 8.67. The van der Waals surface area contributed by atoms with Gasteiger partial charge in [0.15, 0.2) is 0 Å². The van der Waals surface area contributed by atoms with Crippen molar-refractivity contribution in [2.45, 2.75) is 38.6 Å². The van der Waals surface area contributed by atoms with Crippen LogP contribution in [0.4, 0.5) is 24.2 Å². The van der Waals surface area contributed by atoms with Crippen LogP contribution < -0.4 is 16.0 Å². The molecule has 1 aromatic heterocycles. The first-order chi connectivity index (χ1) is 21.1. The van der Waals surface area contributed by atoms with E-state index in [-0.39, 0.29) is 55.9 Å². The lowest BCUT2D eigenvalue weighted by Gasteiger charge is -2.28. The van der Waals surface area contributed by atoms with Crippen molar-refractivity contribution in [2.75, 3.05) is 38.7 Å². The number of anilines is 1. The van der Waals surface area contributed by atoms with E-state index in [0.29, 0.717) is 29.2 Å². The number of nitrogens with one attached hydrogen (secondary N) is 3. The molecule has 14 heteroatoms. The normalized spacial score (nSPS) is 11.4. The van der Waals surface area contributed by atoms with Crippen LogP contribution in [0, 0.1) is 11.6 Å². The fourth-order valence-corrected chi connectivity index (χ4v) is 4.43. The molecule has 0 radical (unpaired) electrons. The number of esters is 1. The number of hydrogen-bond acceptors (Lipinski definition) is 7. The predicted molar refractivity (Wildman–Crippen MR) is 160 cm³/mol. The highest BCUT2D eigenvalue weighted by molar-refractivity contribution is 6.31. The number of carbonyl (C=O) groups excluding carboxylic acids is 4. The molecule has 0 fully saturated rings. The average molecular weight is 634 g/mol. The molecule has 4 amide bonds. The summed E-state index contributed by atoms with van der Waals surface area (Å²) in [6.07, 6.45) is 1.61. The van der Waals surface area contributed by atoms with Crippen LogP contribution >= 0.6 is 11.6 Å². The van der Waals surface area contributed by atoms with Gasteiger partial charge in [-0.05, 0) is 67.5 Å². The van der Waals surface area contributed by atoms with Gasteiger partial charge in [0.1, 0.15) is 30.6 Å². The number of carbonyl (C=O) groups is 4. The number of ether oxygens (including phenoxy) is 2. The molecule has 0 aliphatic rings. The molecule has 44 heavy (non-hydrogen) atoms. The second kappa shape index (κ2) is 16.9. The molecule has 1 heterocycles. The lowest BCUT2D eigenvalue weighted by Crippen LogP contribution is -2.42. The fraction of sp³-hybridized carbons (Fsp3) is 0.367. The Morgan fingerprint density at radius 3 is 2.61 bits per heavy atom. The summed E-state index contributed by atoms with van der Waals surface area (Å²) in [5.74, 6) is -1.72. The summed E-state index contributed by atoms with van der Waals surface area (Å²) in [7, 11) is 1.56. The summed E-state index contributed by atoms with van der Waals surface area (Å²) in [4.78, 5) is 54.6. The van der Waals surface area contributed by atoms with Crippen molar-refractivity contribution in [1.29, 1.82) is 0 Å². The Morgan fingerprint density at radius 2 is 1.84 bits per heavy atom. The van der Waals surface area contributed by atoms with E-state index in [9.17, 15) is 28.0 Å². The van der Waals surface area contributed by atoms with Crippen molar-refractivity contribution in [3.63, 3.8) is 0 Å². The van der Waals surface area contributed by atoms with Gasteiger partial charge in [-0.25, -0.2) is 23.4 Å². The lowest BCUT2D eigenvalue weighted by atomic mass is 10.1. The SMILES string of the molecule is CCOC(=O)CNC(=O)NCCC[C@@H](COC(=O)Nc1cc2cc(F)ccc2cn1)N(C)C(=O)CCc1cccc(F)c1Cl. The Bertz CT molecular complexity index is 1480. The van der Waals surface area contributed by atoms with Crippen LogP contribution in [0.1, 0.15) is 31.7 Å². The minimum atomic E-state index is -0.831. The largest absolute Gasteiger partial charge is 0.465 e. The number of urea groups is 1. The molecule has 0 aliphatic heterocycles. The predicted octanol–water partition coefficient (Wildman–Crippen LogP) is 4.82. The maximum Gasteiger partial charge on any atom is 0.412 e. The van der Waals surface area contributed by atoms with Gasteiger partial charge in [-0.3, -0.25) is 14.9 Å². The number of halogens is 3. The number of aryl methyl sites for hydroxylation is 1. The van der Waals surface area contributed by atoms with Crippen molar-refractivity contribution < 1.29 is 37.4 Å². The molecule has 236 valence electrons. The van der Waals surface area contributed by atoms with Gasteiger partial charge in [-0.1, -0.05) is 23.7 Å². The third-order valence-electron chi connectivity index (χ3n) is 6.60. The summed E-state index contributed by atoms with van der Waals surface area (Å²) in [6, 6.07) is 8.92. The molecule has 0 bridgehead atoms. The maximum absolute atomic E-state index is 13.8. The zero-order valence-electron chi connectivity index (χ0n) is 24.3. The molecule has 0 saturated carbocycles. The van der Waals surface area contributed by atoms with Crippen LogP contribution in [0.2, 0.25) is 5.02 Å². The molecule has 0 aliphatic carbocycles. The van der Waals surface area contributed by atoms with E-state index in [1.54, 1.807) is 26.1 Å². The number of fused-ring (bicyclic) bond motifs is 1. The van der Waals surface area contributed by atoms with E-state index < -0.39 is 35.8 Å². The molecule has 3 aromatic rings. The van der Waals surface area contributed by atoms with Gasteiger partial charge < -0.3 is 25.0 Å². The topological polar surface area (TPSA) is 139 Å². The average Bonchev–Trinajstić information content (AvgIpc) is 2.99. The van der Waals surface area contributed by atoms with Crippen LogP contribution in [-0.4, -0.2) is 73.3 Å². The van der Waals surface area contributed by atoms with Gasteiger partial charge in [-0.15, -0.1) is 0 Å². The molecule has 0 saturated heterocycles. The van der Waals surface area contributed by atoms with Crippen LogP contribution in [0.15, 0.2) is 48.7 Å². The van der Waals surface area contributed by atoms with Crippen molar-refractivity contribution in [1.82, 2.24) is 20.5 Å². The van der Waals surface area contributed by atoms with E-state index >= 15 is 0 Å². The number of nitrogens with zero attached hydrogens (tertiary/aromatic N) is 2. The molecular weight excluding hydrogens is 600 g/mol. The van der Waals surface area contributed by atoms with Crippen LogP contribution in [-0.2, 0) is 25.5 Å². The van der Waals surface area contributed by atoms with Crippen LogP contribution in [0.3, 0.4) is 0 Å². The zero-order chi connectivity index (χ0) is 32.1. The zero-order valence-corrected chi connectivity index (χ0v) is 25.1. The fourth-order valence-electron chi connectivity index (χ4n) is 4.21. The third kappa shape index (κ3) is 10.6. The molecule has 3 N–H and O–H groups in total. The summed E-state index contributed by atoms with van der Waals surface area (Å²) in [6.45, 7) is 1.59. The number of aromatic nitrogens is 1. The monoisotopic (exact) mass is 633 g/mol. The quantitative estimate of drug-likeness (QED) is 0.171. The second-order valence-corrected chi connectivity index (χ2v) is 10.1. The first-order valence-corrected chi connectivity index (χ1v) is 14.3. The summed E-state index contributed by atoms with van der Waals surface area (Å²) < 4.78 is 37.6. The van der Waals surface area contributed by atoms with E-state index in [1.807, 2.05) is 0 Å². The first-order valence-electron chi connectivity index (χ1n) is 13.9. The number of amides is 4. The Balaban J connectivity index is 1.58. The van der Waals surface area contributed by atoms with E-state index in [0.717, 1.165) is 0 Å². The van der Waals surface area contributed by atoms with Crippen LogP contribution in [0.25, 0.3) is 10.8 Å². The summed E-state index contributed by atoms with van der Waals surface area (Å²) in [5.41, 5.74) is 0.487. The van der Waals surface area contributed by atoms with Gasteiger partial charge in [0.25, 0.3) is 0 Å². The van der Waals surface area contributed by atoms with Gasteiger partial charge in [0.05, 0.1) is 17.7 Å². The van der Waals surface area contributed by atoms with E-state index in [1.165, 1.54) is 41.4 Å². The Kier molecular flexibility index (Phi) is 13.1. The highest BCUT2D eigenvalue weighted by Crippen LogP contribution is 2.22. The molecule has 1 atom stereocenters. The number of pyridine rings is 1. The van der Waals surface area contributed by atoms with Gasteiger partial charge >= 0.3 is 18.1 Å². The number of hydrogen-bond donors (Lipinski definition) is 3. The molecule has 0 spiro atoms. The Labute approximate surface area is 258 Å². The number of likely N-dealkylation sites (N-methyl/N-ethyl adjacent to an activating group) is 1. The molecule has 2 aromatic carbocycles. The highest BCUT2D eigenvalue weighted by atomic mass is 35.5. The Hall–Kier alpha value is -4.52. The van der Waals surface area contributed by atoms with E-state index in [4.69, 9.17) is 21.1 Å². The van der Waals surface area contributed by atoms with Crippen LogP contribution in [0.5, 0.6) is 0 Å². The van der Waals surface area contributed by atoms with Crippen molar-refractivity contribution in [3.8, 4) is 0 Å². The lowest BCUT2D eigenvalue weighted by molar-refractivity contribution is -0.141. The van der Waals surface area contributed by atoms with E-state index in [2.05, 4.69) is 20.9 Å². The smallest absolute Gasteiger partial charge is 0.412 e. The van der Waals surface area contributed by atoms with Crippen molar-refractivity contribution >= 4 is 52.2 Å². The number of rotatable bonds is 14. The maximum atomic E-state index is 13.8. The molecule has 0 unspecified atom stereocenters. The highest BCUT2D eigenvalue weighted by Gasteiger charge is 2.22. The minimum Gasteiger partial charge on any atom is -0.465 e. The molecule has 11 nitrogen and oxygen atoms in total. The van der Waals surface area contributed by atoms with Gasteiger partial charge in [-0.2, -0.15) is 0 Å². The first kappa shape index (κ1) is 34.0. The van der Waals surface area contributed by atoms with Crippen molar-refractivity contribution in [2.24, 2.45) is 0 Å². The molecule has 3 rings (SSSR count). The van der Waals surface area contributed by atoms with Gasteiger partial charge in [0.2, 0.25) is 5.91 Å². The standard InChI is InChI=1S/C30H34ClF2N5O6/c1-3-43-27(40)17-36-29(41)34-13-5-7-23(38(2)26(39)12-10-19-6-4-8-24(33)28(19)31)18-44-30(42)37-25-15-21-14-22(32)11-9-20(21)16-35-25/h4,6,8-9,11,14-16,23H,3,5,7,10,12-13,17-18H2,1-2H3,(H2,34,36,41)(H,35,37,42)/t23-/m0/s1. The third-order valence-corrected chi connectivity index (χ3v) is 7.02.